The number of thioether (sulfide) groups is 1. The molecule has 21 heavy (non-hydrogen) atoms. The molecular weight excluding hydrogens is 288 g/mol. The van der Waals surface area contributed by atoms with Crippen LogP contribution in [0.4, 0.5) is 0 Å². The minimum Gasteiger partial charge on any atom is -0.350 e. The summed E-state index contributed by atoms with van der Waals surface area (Å²) in [5, 5.41) is 3.38. The highest BCUT2D eigenvalue weighted by Crippen LogP contribution is 2.30. The predicted octanol–water partition coefficient (Wildman–Crippen LogP) is 1.93. The molecule has 1 N–H and O–H groups in total. The molecular formula is C15H24N2O3S. The van der Waals surface area contributed by atoms with E-state index in [0.29, 0.717) is 5.03 Å². The van der Waals surface area contributed by atoms with Crippen molar-refractivity contribution in [2.75, 3.05) is 12.3 Å². The number of hydrogen-bond acceptors (Lipinski definition) is 4. The van der Waals surface area contributed by atoms with Crippen LogP contribution in [-0.4, -0.2) is 40.3 Å². The predicted molar refractivity (Wildman–Crippen MR) is 84.6 cm³/mol. The average Bonchev–Trinajstić information content (AvgIpc) is 2.57. The third-order valence-corrected chi connectivity index (χ3v) is 3.75. The van der Waals surface area contributed by atoms with E-state index in [9.17, 15) is 14.4 Å². The molecule has 0 atom stereocenters. The van der Waals surface area contributed by atoms with E-state index < -0.39 is 5.41 Å². The largest absolute Gasteiger partial charge is 0.350 e. The van der Waals surface area contributed by atoms with Crippen LogP contribution >= 0.6 is 11.8 Å². The number of allylic oxidation sites excluding steroid dienone is 1. The van der Waals surface area contributed by atoms with Gasteiger partial charge in [-0.05, 0) is 20.8 Å². The average molecular weight is 312 g/mol. The third kappa shape index (κ3) is 5.53. The summed E-state index contributed by atoms with van der Waals surface area (Å²) in [6.45, 7) is 11.1. The van der Waals surface area contributed by atoms with Crippen LogP contribution in [0.25, 0.3) is 0 Å². The molecule has 5 nitrogen and oxygen atoms in total. The SMILES string of the molecule is CC(C)(C)NC(=O)CN1C(=O)CS/C1=C\C(=O)C(C)(C)C. The van der Waals surface area contributed by atoms with Crippen molar-refractivity contribution in [3.05, 3.63) is 11.1 Å². The molecule has 1 aliphatic heterocycles. The third-order valence-electron chi connectivity index (χ3n) is 2.72. The minimum atomic E-state index is -0.501. The quantitative estimate of drug-likeness (QED) is 0.809. The van der Waals surface area contributed by atoms with Gasteiger partial charge in [-0.3, -0.25) is 19.3 Å². The minimum absolute atomic E-state index is 0.0492. The van der Waals surface area contributed by atoms with Gasteiger partial charge in [0.05, 0.1) is 10.8 Å². The van der Waals surface area contributed by atoms with Crippen molar-refractivity contribution >= 4 is 29.4 Å². The maximum atomic E-state index is 12.1. The molecule has 0 aromatic carbocycles. The summed E-state index contributed by atoms with van der Waals surface area (Å²) in [4.78, 5) is 37.3. The van der Waals surface area contributed by atoms with Gasteiger partial charge >= 0.3 is 0 Å². The van der Waals surface area contributed by atoms with Gasteiger partial charge in [0.25, 0.3) is 0 Å². The smallest absolute Gasteiger partial charge is 0.240 e. The summed E-state index contributed by atoms with van der Waals surface area (Å²) < 4.78 is 0. The summed E-state index contributed by atoms with van der Waals surface area (Å²) in [5.74, 6) is -0.156. The van der Waals surface area contributed by atoms with Crippen molar-refractivity contribution in [1.82, 2.24) is 10.2 Å². The number of carbonyl (C=O) groups excluding carboxylic acids is 3. The van der Waals surface area contributed by atoms with E-state index in [0.717, 1.165) is 0 Å². The summed E-state index contributed by atoms with van der Waals surface area (Å²) in [6.07, 6.45) is 1.47. The van der Waals surface area contributed by atoms with Crippen molar-refractivity contribution < 1.29 is 14.4 Å². The molecule has 1 fully saturated rings. The highest BCUT2D eigenvalue weighted by atomic mass is 32.2. The zero-order chi connectivity index (χ0) is 16.4. The van der Waals surface area contributed by atoms with Gasteiger partial charge in [-0.1, -0.05) is 32.5 Å². The number of hydrogen-bond donors (Lipinski definition) is 1. The fourth-order valence-electron chi connectivity index (χ4n) is 1.63. The van der Waals surface area contributed by atoms with Gasteiger partial charge in [0.2, 0.25) is 11.8 Å². The fraction of sp³-hybridized carbons (Fsp3) is 0.667. The van der Waals surface area contributed by atoms with Crippen LogP contribution in [-0.2, 0) is 14.4 Å². The summed E-state index contributed by atoms with van der Waals surface area (Å²) in [6, 6.07) is 0. The first-order chi connectivity index (χ1) is 9.40. The van der Waals surface area contributed by atoms with Gasteiger partial charge in [0.1, 0.15) is 6.54 Å². The highest BCUT2D eigenvalue weighted by Gasteiger charge is 2.31. The van der Waals surface area contributed by atoms with Crippen molar-refractivity contribution in [1.29, 1.82) is 0 Å². The van der Waals surface area contributed by atoms with Crippen molar-refractivity contribution in [2.45, 2.75) is 47.1 Å². The Hall–Kier alpha value is -1.30. The molecule has 6 heteroatoms. The van der Waals surface area contributed by atoms with E-state index in [4.69, 9.17) is 0 Å². The Labute approximate surface area is 130 Å². The molecule has 0 bridgehead atoms. The van der Waals surface area contributed by atoms with Gasteiger partial charge in [-0.15, -0.1) is 0 Å². The molecule has 0 unspecified atom stereocenters. The zero-order valence-corrected chi connectivity index (χ0v) is 14.4. The molecule has 0 aromatic heterocycles. The normalized spacial score (nSPS) is 18.3. The maximum absolute atomic E-state index is 12.1. The van der Waals surface area contributed by atoms with Crippen LogP contribution in [0.3, 0.4) is 0 Å². The first-order valence-corrected chi connectivity index (χ1v) is 7.89. The Morgan fingerprint density at radius 2 is 1.81 bits per heavy atom. The van der Waals surface area contributed by atoms with Crippen LogP contribution < -0.4 is 5.32 Å². The van der Waals surface area contributed by atoms with Gasteiger partial charge in [0, 0.05) is 17.0 Å². The first kappa shape index (κ1) is 17.8. The van der Waals surface area contributed by atoms with Gasteiger partial charge in [-0.25, -0.2) is 0 Å². The molecule has 0 radical (unpaired) electrons. The van der Waals surface area contributed by atoms with E-state index >= 15 is 0 Å². The Morgan fingerprint density at radius 3 is 2.29 bits per heavy atom. The second-order valence-corrected chi connectivity index (χ2v) is 8.16. The van der Waals surface area contributed by atoms with Gasteiger partial charge in [0.15, 0.2) is 5.78 Å². The monoisotopic (exact) mass is 312 g/mol. The molecule has 0 spiro atoms. The molecule has 0 aliphatic carbocycles. The summed E-state index contributed by atoms with van der Waals surface area (Å²) in [7, 11) is 0. The Morgan fingerprint density at radius 1 is 1.24 bits per heavy atom. The van der Waals surface area contributed by atoms with Crippen LogP contribution in [0.15, 0.2) is 11.1 Å². The van der Waals surface area contributed by atoms with E-state index in [1.165, 1.54) is 22.7 Å². The van der Waals surface area contributed by atoms with Crippen molar-refractivity contribution in [3.63, 3.8) is 0 Å². The molecule has 0 saturated carbocycles. The Bertz CT molecular complexity index is 484. The van der Waals surface area contributed by atoms with Gasteiger partial charge in [-0.2, -0.15) is 0 Å². The molecule has 1 heterocycles. The number of carbonyl (C=O) groups is 3. The molecule has 1 aliphatic rings. The van der Waals surface area contributed by atoms with Crippen LogP contribution in [0.5, 0.6) is 0 Å². The second kappa shape index (κ2) is 6.22. The van der Waals surface area contributed by atoms with Crippen molar-refractivity contribution in [3.8, 4) is 0 Å². The van der Waals surface area contributed by atoms with E-state index in [1.54, 1.807) is 0 Å². The lowest BCUT2D eigenvalue weighted by atomic mass is 9.91. The lowest BCUT2D eigenvalue weighted by Crippen LogP contribution is -2.46. The lowest BCUT2D eigenvalue weighted by Gasteiger charge is -2.23. The molecule has 1 saturated heterocycles. The second-order valence-electron chi connectivity index (χ2n) is 7.16. The summed E-state index contributed by atoms with van der Waals surface area (Å²) in [5.41, 5.74) is -0.851. The van der Waals surface area contributed by atoms with E-state index in [1.807, 2.05) is 41.5 Å². The zero-order valence-electron chi connectivity index (χ0n) is 13.6. The van der Waals surface area contributed by atoms with Crippen LogP contribution in [0, 0.1) is 5.41 Å². The molecule has 118 valence electrons. The Kier molecular flexibility index (Phi) is 5.25. The molecule has 2 amide bonds. The van der Waals surface area contributed by atoms with Crippen LogP contribution in [0.2, 0.25) is 0 Å². The standard InChI is InChI=1S/C15H24N2O3S/c1-14(2,3)10(18)7-13-17(12(20)9-21-13)8-11(19)16-15(4,5)6/h7H,8-9H2,1-6H3,(H,16,19)/b13-7-. The van der Waals surface area contributed by atoms with Gasteiger partial charge < -0.3 is 5.32 Å². The first-order valence-electron chi connectivity index (χ1n) is 6.90. The maximum Gasteiger partial charge on any atom is 0.240 e. The molecule has 0 aromatic rings. The number of nitrogens with zero attached hydrogens (tertiary/aromatic N) is 1. The number of ketones is 1. The number of nitrogens with one attached hydrogen (secondary N) is 1. The van der Waals surface area contributed by atoms with E-state index in [-0.39, 0.29) is 35.4 Å². The summed E-state index contributed by atoms with van der Waals surface area (Å²) >= 11 is 1.30. The highest BCUT2D eigenvalue weighted by molar-refractivity contribution is 8.04. The van der Waals surface area contributed by atoms with E-state index in [2.05, 4.69) is 5.32 Å². The topological polar surface area (TPSA) is 66.5 Å². The number of rotatable bonds is 3. The molecule has 1 rings (SSSR count). The fourth-order valence-corrected chi connectivity index (χ4v) is 2.57. The van der Waals surface area contributed by atoms with Crippen molar-refractivity contribution in [2.24, 2.45) is 5.41 Å². The lowest BCUT2D eigenvalue weighted by molar-refractivity contribution is -0.132. The number of amides is 2. The Balaban J connectivity index is 2.83. The van der Waals surface area contributed by atoms with Crippen LogP contribution in [0.1, 0.15) is 41.5 Å².